The summed E-state index contributed by atoms with van der Waals surface area (Å²) in [5.74, 6) is 0.793. The van der Waals surface area contributed by atoms with Gasteiger partial charge in [-0.15, -0.1) is 0 Å². The lowest BCUT2D eigenvalue weighted by atomic mass is 10.1. The summed E-state index contributed by atoms with van der Waals surface area (Å²) in [4.78, 5) is 20.3. The Bertz CT molecular complexity index is 1100. The predicted molar refractivity (Wildman–Crippen MR) is 140 cm³/mol. The molecule has 0 fully saturated rings. The van der Waals surface area contributed by atoms with E-state index in [4.69, 9.17) is 17.0 Å². The molecule has 0 bridgehead atoms. The highest BCUT2D eigenvalue weighted by molar-refractivity contribution is 7.80. The van der Waals surface area contributed by atoms with Crippen molar-refractivity contribution in [2.24, 2.45) is 0 Å². The molecule has 7 heteroatoms. The van der Waals surface area contributed by atoms with Crippen molar-refractivity contribution in [1.82, 2.24) is 20.1 Å². The highest BCUT2D eigenvalue weighted by Crippen LogP contribution is 2.19. The lowest BCUT2D eigenvalue weighted by molar-refractivity contribution is 0.263. The second-order valence-corrected chi connectivity index (χ2v) is 8.29. The van der Waals surface area contributed by atoms with Crippen LogP contribution < -0.4 is 15.6 Å². The summed E-state index contributed by atoms with van der Waals surface area (Å²) in [6.07, 6.45) is 0. The molecule has 176 valence electrons. The summed E-state index contributed by atoms with van der Waals surface area (Å²) in [5.41, 5.74) is 2.55. The normalized spacial score (nSPS) is 11.0. The first-order chi connectivity index (χ1) is 16.0. The van der Waals surface area contributed by atoms with Crippen molar-refractivity contribution in [2.75, 3.05) is 32.8 Å². The summed E-state index contributed by atoms with van der Waals surface area (Å²) < 4.78 is 5.63. The van der Waals surface area contributed by atoms with Crippen LogP contribution in [0.1, 0.15) is 31.9 Å². The first-order valence-electron chi connectivity index (χ1n) is 11.6. The van der Waals surface area contributed by atoms with Crippen molar-refractivity contribution in [2.45, 2.75) is 33.9 Å². The predicted octanol–water partition coefficient (Wildman–Crippen LogP) is 4.15. The molecule has 0 radical (unpaired) electrons. The van der Waals surface area contributed by atoms with Gasteiger partial charge in [-0.2, -0.15) is 0 Å². The van der Waals surface area contributed by atoms with E-state index in [1.807, 2.05) is 49.4 Å². The monoisotopic (exact) mass is 466 g/mol. The van der Waals surface area contributed by atoms with E-state index in [9.17, 15) is 4.79 Å². The van der Waals surface area contributed by atoms with Gasteiger partial charge >= 0.3 is 0 Å². The molecule has 2 aromatic carbocycles. The lowest BCUT2D eigenvalue weighted by Crippen LogP contribution is -2.44. The quantitative estimate of drug-likeness (QED) is 0.414. The Labute approximate surface area is 201 Å². The molecule has 0 spiro atoms. The average Bonchev–Trinajstić information content (AvgIpc) is 2.83. The third-order valence-corrected chi connectivity index (χ3v) is 6.12. The molecular formula is C26H34N4O2S. The highest BCUT2D eigenvalue weighted by Gasteiger charge is 2.15. The van der Waals surface area contributed by atoms with E-state index in [1.165, 1.54) is 0 Å². The number of aromatic amines is 1. The van der Waals surface area contributed by atoms with Crippen LogP contribution in [0, 0.1) is 0 Å². The molecule has 0 saturated carbocycles. The number of H-pyrrole nitrogens is 1. The summed E-state index contributed by atoms with van der Waals surface area (Å²) in [6.45, 7) is 11.5. The third kappa shape index (κ3) is 7.04. The minimum Gasteiger partial charge on any atom is -0.494 e. The third-order valence-electron chi connectivity index (χ3n) is 5.72. The molecule has 0 aliphatic heterocycles. The van der Waals surface area contributed by atoms with Crippen molar-refractivity contribution < 1.29 is 4.74 Å². The molecule has 1 aromatic heterocycles. The number of fused-ring (bicyclic) bond motifs is 1. The van der Waals surface area contributed by atoms with Crippen LogP contribution >= 0.6 is 12.2 Å². The maximum atomic E-state index is 12.8. The molecule has 0 aliphatic carbocycles. The van der Waals surface area contributed by atoms with Crippen LogP contribution in [-0.2, 0) is 13.1 Å². The van der Waals surface area contributed by atoms with Gasteiger partial charge in [0.25, 0.3) is 5.56 Å². The molecule has 33 heavy (non-hydrogen) atoms. The summed E-state index contributed by atoms with van der Waals surface area (Å²) in [6, 6.07) is 17.8. The van der Waals surface area contributed by atoms with Crippen LogP contribution in [0.2, 0.25) is 0 Å². The van der Waals surface area contributed by atoms with Crippen LogP contribution in [0.3, 0.4) is 0 Å². The number of nitrogens with zero attached hydrogens (tertiary/aromatic N) is 2. The minimum atomic E-state index is -0.0923. The van der Waals surface area contributed by atoms with Crippen LogP contribution in [0.15, 0.2) is 59.4 Å². The number of pyridine rings is 1. The average molecular weight is 467 g/mol. The zero-order valence-electron chi connectivity index (χ0n) is 19.8. The highest BCUT2D eigenvalue weighted by atomic mass is 32.1. The van der Waals surface area contributed by atoms with E-state index in [1.54, 1.807) is 0 Å². The van der Waals surface area contributed by atoms with E-state index < -0.39 is 0 Å². The van der Waals surface area contributed by atoms with Gasteiger partial charge in [-0.25, -0.2) is 0 Å². The number of aromatic nitrogens is 1. The maximum absolute atomic E-state index is 12.8. The van der Waals surface area contributed by atoms with E-state index in [-0.39, 0.29) is 5.56 Å². The summed E-state index contributed by atoms with van der Waals surface area (Å²) in [5, 5.41) is 4.96. The van der Waals surface area contributed by atoms with Crippen LogP contribution in [0.25, 0.3) is 10.9 Å². The Kier molecular flexibility index (Phi) is 9.27. The van der Waals surface area contributed by atoms with Crippen LogP contribution in [0.4, 0.5) is 0 Å². The number of ether oxygens (including phenoxy) is 1. The number of hydrogen-bond donors (Lipinski definition) is 2. The Morgan fingerprint density at radius 1 is 1.03 bits per heavy atom. The molecule has 0 aliphatic rings. The molecule has 1 heterocycles. The number of benzene rings is 2. The second kappa shape index (κ2) is 12.4. The maximum Gasteiger partial charge on any atom is 0.253 e. The van der Waals surface area contributed by atoms with Gasteiger partial charge in [0.1, 0.15) is 5.75 Å². The number of nitrogens with one attached hydrogen (secondary N) is 2. The van der Waals surface area contributed by atoms with E-state index >= 15 is 0 Å². The van der Waals surface area contributed by atoms with Crippen molar-refractivity contribution >= 4 is 28.2 Å². The summed E-state index contributed by atoms with van der Waals surface area (Å²) in [7, 11) is 0. The molecule has 0 amide bonds. The molecule has 0 atom stereocenters. The Morgan fingerprint density at radius 3 is 2.48 bits per heavy atom. The van der Waals surface area contributed by atoms with E-state index in [0.29, 0.717) is 30.4 Å². The fourth-order valence-electron chi connectivity index (χ4n) is 3.75. The minimum absolute atomic E-state index is 0.0923. The van der Waals surface area contributed by atoms with Crippen molar-refractivity contribution in [3.63, 3.8) is 0 Å². The molecule has 0 saturated heterocycles. The first-order valence-corrected chi connectivity index (χ1v) is 12.0. The number of thiocarbonyl (C=S) groups is 1. The zero-order valence-corrected chi connectivity index (χ0v) is 20.6. The van der Waals surface area contributed by atoms with Gasteiger partial charge in [0.05, 0.1) is 13.2 Å². The van der Waals surface area contributed by atoms with Gasteiger partial charge in [-0.1, -0.05) is 44.2 Å². The summed E-state index contributed by atoms with van der Waals surface area (Å²) >= 11 is 5.76. The molecule has 0 unspecified atom stereocenters. The Hall–Kier alpha value is -2.90. The van der Waals surface area contributed by atoms with Gasteiger partial charge in [0.2, 0.25) is 0 Å². The van der Waals surface area contributed by atoms with Crippen molar-refractivity contribution in [3.8, 4) is 5.75 Å². The fraction of sp³-hybridized carbons (Fsp3) is 0.385. The van der Waals surface area contributed by atoms with Gasteiger partial charge < -0.3 is 24.8 Å². The van der Waals surface area contributed by atoms with Crippen LogP contribution in [-0.4, -0.2) is 52.7 Å². The van der Waals surface area contributed by atoms with Gasteiger partial charge in [0, 0.05) is 36.1 Å². The Morgan fingerprint density at radius 2 is 1.79 bits per heavy atom. The molecule has 6 nitrogen and oxygen atoms in total. The topological polar surface area (TPSA) is 60.6 Å². The van der Waals surface area contributed by atoms with Gasteiger partial charge in [0.15, 0.2) is 5.11 Å². The largest absolute Gasteiger partial charge is 0.494 e. The van der Waals surface area contributed by atoms with Gasteiger partial charge in [-0.05, 0) is 62.1 Å². The van der Waals surface area contributed by atoms with Crippen molar-refractivity contribution in [3.05, 3.63) is 76.1 Å². The van der Waals surface area contributed by atoms with Gasteiger partial charge in [-0.3, -0.25) is 4.79 Å². The SMILES string of the molecule is CCOc1ccc2[nH]c(=O)c(CN(CCN(CC)CC)C(=S)NCc3ccccc3)cc2c1. The Balaban J connectivity index is 1.81. The smallest absolute Gasteiger partial charge is 0.253 e. The van der Waals surface area contributed by atoms with Crippen molar-refractivity contribution in [1.29, 1.82) is 0 Å². The lowest BCUT2D eigenvalue weighted by Gasteiger charge is -2.29. The number of likely N-dealkylation sites (N-methyl/N-ethyl adjacent to an activating group) is 1. The van der Waals surface area contributed by atoms with Crippen LogP contribution in [0.5, 0.6) is 5.75 Å². The molecule has 2 N–H and O–H groups in total. The molecule has 3 aromatic rings. The standard InChI is InChI=1S/C26H34N4O2S/c1-4-29(5-2)14-15-30(26(33)27-18-20-10-8-7-9-11-20)19-22-16-21-17-23(32-6-3)12-13-24(21)28-25(22)31/h7-13,16-17H,4-6,14-15,18-19H2,1-3H3,(H,27,33)(H,28,31). The fourth-order valence-corrected chi connectivity index (χ4v) is 3.98. The first kappa shape index (κ1) is 24.7. The zero-order chi connectivity index (χ0) is 23.6. The van der Waals surface area contributed by atoms with E-state index in [2.05, 4.69) is 46.1 Å². The van der Waals surface area contributed by atoms with E-state index in [0.717, 1.165) is 48.4 Å². The second-order valence-electron chi connectivity index (χ2n) is 7.90. The number of hydrogen-bond acceptors (Lipinski definition) is 4. The molecule has 3 rings (SSSR count). The number of rotatable bonds is 11. The molecular weight excluding hydrogens is 432 g/mol.